The van der Waals surface area contributed by atoms with Crippen LogP contribution in [0.5, 0.6) is 0 Å². The second-order valence-corrected chi connectivity index (χ2v) is 8.89. The number of hydrogen-bond donors (Lipinski definition) is 0. The summed E-state index contributed by atoms with van der Waals surface area (Å²) < 4.78 is 3.58. The lowest BCUT2D eigenvalue weighted by Crippen LogP contribution is -2.12. The van der Waals surface area contributed by atoms with Gasteiger partial charge in [-0.25, -0.2) is 4.98 Å². The van der Waals surface area contributed by atoms with Crippen molar-refractivity contribution in [2.45, 2.75) is 24.8 Å². The zero-order chi connectivity index (χ0) is 21.4. The predicted octanol–water partition coefficient (Wildman–Crippen LogP) is 4.31. The van der Waals surface area contributed by atoms with E-state index in [0.29, 0.717) is 22.2 Å². The standard InChI is InChI=1S/C22H18N6OS2/c1-14-6-7-18(15(2)11-14)28-20(17-5-3-4-8-23-17)25-26-22(28)31-13-16-12-19(29)27-9-10-30-21(27)24-16/h3-12H,13H2,1-2H3. The quantitative estimate of drug-likeness (QED) is 0.375. The number of thiazole rings is 1. The van der Waals surface area contributed by atoms with Crippen LogP contribution in [0.2, 0.25) is 0 Å². The monoisotopic (exact) mass is 446 g/mol. The number of fused-ring (bicyclic) bond motifs is 1. The topological polar surface area (TPSA) is 78.0 Å². The van der Waals surface area contributed by atoms with Crippen molar-refractivity contribution in [2.24, 2.45) is 0 Å². The zero-order valence-corrected chi connectivity index (χ0v) is 18.5. The van der Waals surface area contributed by atoms with Crippen LogP contribution in [-0.4, -0.2) is 29.1 Å². The molecule has 31 heavy (non-hydrogen) atoms. The average molecular weight is 447 g/mol. The molecule has 0 aliphatic heterocycles. The minimum absolute atomic E-state index is 0.0770. The molecule has 0 radical (unpaired) electrons. The summed E-state index contributed by atoms with van der Waals surface area (Å²) in [5, 5.41) is 11.5. The van der Waals surface area contributed by atoms with Gasteiger partial charge in [0.2, 0.25) is 0 Å². The third-order valence-electron chi connectivity index (χ3n) is 4.83. The molecule has 0 unspecified atom stereocenters. The Hall–Kier alpha value is -3.30. The van der Waals surface area contributed by atoms with E-state index in [1.807, 2.05) is 28.1 Å². The summed E-state index contributed by atoms with van der Waals surface area (Å²) in [5.41, 5.74) is 4.70. The molecule has 4 heterocycles. The Labute approximate surface area is 186 Å². The van der Waals surface area contributed by atoms with E-state index in [1.165, 1.54) is 28.7 Å². The minimum atomic E-state index is -0.0770. The van der Waals surface area contributed by atoms with Crippen molar-refractivity contribution in [1.29, 1.82) is 0 Å². The van der Waals surface area contributed by atoms with Crippen LogP contribution < -0.4 is 5.56 Å². The van der Waals surface area contributed by atoms with Crippen LogP contribution in [-0.2, 0) is 5.75 Å². The van der Waals surface area contributed by atoms with Gasteiger partial charge in [0, 0.05) is 29.6 Å². The van der Waals surface area contributed by atoms with Gasteiger partial charge in [-0.2, -0.15) is 0 Å². The van der Waals surface area contributed by atoms with Crippen LogP contribution in [0, 0.1) is 13.8 Å². The number of nitrogens with zero attached hydrogens (tertiary/aromatic N) is 6. The summed E-state index contributed by atoms with van der Waals surface area (Å²) in [6.45, 7) is 4.15. The second-order valence-electron chi connectivity index (χ2n) is 7.08. The number of aryl methyl sites for hydroxylation is 2. The first kappa shape index (κ1) is 19.7. The molecule has 0 fully saturated rings. The Morgan fingerprint density at radius 1 is 1.10 bits per heavy atom. The van der Waals surface area contributed by atoms with Gasteiger partial charge in [0.05, 0.1) is 11.4 Å². The van der Waals surface area contributed by atoms with E-state index in [0.717, 1.165) is 22.1 Å². The van der Waals surface area contributed by atoms with E-state index in [1.54, 1.807) is 22.9 Å². The molecule has 4 aromatic heterocycles. The molecule has 0 aliphatic rings. The molecular weight excluding hydrogens is 428 g/mol. The van der Waals surface area contributed by atoms with Gasteiger partial charge in [0.15, 0.2) is 15.9 Å². The van der Waals surface area contributed by atoms with E-state index in [-0.39, 0.29) is 5.56 Å². The zero-order valence-electron chi connectivity index (χ0n) is 16.9. The summed E-state index contributed by atoms with van der Waals surface area (Å²) >= 11 is 2.94. The molecule has 0 amide bonds. The lowest BCUT2D eigenvalue weighted by molar-refractivity contribution is 0.877. The number of benzene rings is 1. The molecule has 0 spiro atoms. The van der Waals surface area contributed by atoms with Crippen LogP contribution in [0.3, 0.4) is 0 Å². The Morgan fingerprint density at radius 2 is 2.00 bits per heavy atom. The van der Waals surface area contributed by atoms with Gasteiger partial charge >= 0.3 is 0 Å². The van der Waals surface area contributed by atoms with Gasteiger partial charge in [-0.05, 0) is 37.6 Å². The van der Waals surface area contributed by atoms with Crippen LogP contribution in [0.25, 0.3) is 22.2 Å². The lowest BCUT2D eigenvalue weighted by Gasteiger charge is -2.13. The largest absolute Gasteiger partial charge is 0.269 e. The summed E-state index contributed by atoms with van der Waals surface area (Å²) in [7, 11) is 0. The van der Waals surface area contributed by atoms with Gasteiger partial charge in [-0.15, -0.1) is 21.5 Å². The summed E-state index contributed by atoms with van der Waals surface area (Å²) in [4.78, 5) is 22.1. The second kappa shape index (κ2) is 8.09. The molecule has 0 aliphatic carbocycles. The third-order valence-corrected chi connectivity index (χ3v) is 6.55. The van der Waals surface area contributed by atoms with E-state index in [9.17, 15) is 4.79 Å². The molecule has 7 nitrogen and oxygen atoms in total. The number of hydrogen-bond acceptors (Lipinski definition) is 7. The van der Waals surface area contributed by atoms with Crippen molar-refractivity contribution in [3.63, 3.8) is 0 Å². The number of rotatable bonds is 5. The maximum absolute atomic E-state index is 12.3. The minimum Gasteiger partial charge on any atom is -0.269 e. The first-order valence-electron chi connectivity index (χ1n) is 9.63. The normalized spacial score (nSPS) is 11.3. The number of aromatic nitrogens is 6. The van der Waals surface area contributed by atoms with E-state index < -0.39 is 0 Å². The average Bonchev–Trinajstić information content (AvgIpc) is 3.40. The highest BCUT2D eigenvalue weighted by Crippen LogP contribution is 2.30. The highest BCUT2D eigenvalue weighted by Gasteiger charge is 2.19. The lowest BCUT2D eigenvalue weighted by atomic mass is 10.1. The van der Waals surface area contributed by atoms with E-state index >= 15 is 0 Å². The van der Waals surface area contributed by atoms with Crippen molar-refractivity contribution in [2.75, 3.05) is 0 Å². The van der Waals surface area contributed by atoms with Gasteiger partial charge < -0.3 is 0 Å². The van der Waals surface area contributed by atoms with Gasteiger partial charge in [0.25, 0.3) is 5.56 Å². The smallest absolute Gasteiger partial charge is 0.258 e. The Bertz CT molecular complexity index is 1440. The first-order valence-corrected chi connectivity index (χ1v) is 11.5. The molecule has 0 atom stereocenters. The predicted molar refractivity (Wildman–Crippen MR) is 123 cm³/mol. The van der Waals surface area contributed by atoms with E-state index in [4.69, 9.17) is 0 Å². The molecule has 5 rings (SSSR count). The highest BCUT2D eigenvalue weighted by atomic mass is 32.2. The Balaban J connectivity index is 1.56. The fraction of sp³-hybridized carbons (Fsp3) is 0.136. The fourth-order valence-corrected chi connectivity index (χ4v) is 4.97. The molecule has 154 valence electrons. The van der Waals surface area contributed by atoms with E-state index in [2.05, 4.69) is 52.2 Å². The number of thioether (sulfide) groups is 1. The van der Waals surface area contributed by atoms with Crippen LogP contribution in [0.1, 0.15) is 16.8 Å². The summed E-state index contributed by atoms with van der Waals surface area (Å²) in [6, 6.07) is 13.6. The number of pyridine rings is 1. The van der Waals surface area contributed by atoms with Crippen molar-refractivity contribution in [3.8, 4) is 17.2 Å². The summed E-state index contributed by atoms with van der Waals surface area (Å²) in [6.07, 6.45) is 3.49. The third kappa shape index (κ3) is 3.77. The summed E-state index contributed by atoms with van der Waals surface area (Å²) in [5.74, 6) is 1.19. The molecule has 1 aromatic carbocycles. The maximum atomic E-state index is 12.3. The van der Waals surface area contributed by atoms with Crippen molar-refractivity contribution < 1.29 is 0 Å². The highest BCUT2D eigenvalue weighted by molar-refractivity contribution is 7.98. The van der Waals surface area contributed by atoms with Gasteiger partial charge in [-0.1, -0.05) is 35.5 Å². The molecule has 5 aromatic rings. The molecular formula is C22H18N6OS2. The Morgan fingerprint density at radius 3 is 2.81 bits per heavy atom. The molecule has 0 saturated heterocycles. The van der Waals surface area contributed by atoms with Crippen molar-refractivity contribution >= 4 is 28.1 Å². The molecule has 0 saturated carbocycles. The molecule has 0 N–H and O–H groups in total. The first-order chi connectivity index (χ1) is 15.1. The molecule has 0 bridgehead atoms. The molecule has 9 heteroatoms. The van der Waals surface area contributed by atoms with Gasteiger partial charge in [0.1, 0.15) is 5.69 Å². The fourth-order valence-electron chi connectivity index (χ4n) is 3.40. The maximum Gasteiger partial charge on any atom is 0.258 e. The van der Waals surface area contributed by atoms with Crippen LogP contribution >= 0.6 is 23.1 Å². The SMILES string of the molecule is Cc1ccc(-n2c(SCc3cc(=O)n4ccsc4n3)nnc2-c2ccccn2)c(C)c1. The van der Waals surface area contributed by atoms with Crippen molar-refractivity contribution in [1.82, 2.24) is 29.1 Å². The van der Waals surface area contributed by atoms with Gasteiger partial charge in [-0.3, -0.25) is 18.7 Å². The van der Waals surface area contributed by atoms with Crippen LogP contribution in [0.4, 0.5) is 0 Å². The van der Waals surface area contributed by atoms with Crippen molar-refractivity contribution in [3.05, 3.63) is 87.4 Å². The van der Waals surface area contributed by atoms with Crippen LogP contribution in [0.15, 0.2) is 70.2 Å². The Kier molecular flexibility index (Phi) is 5.13.